The van der Waals surface area contributed by atoms with E-state index in [-0.39, 0.29) is 0 Å². The number of aryl methyl sites for hydroxylation is 1. The number of hydrogen-bond donors (Lipinski definition) is 1. The first-order valence-corrected chi connectivity index (χ1v) is 4.12. The second kappa shape index (κ2) is 2.84. The molecule has 3 heteroatoms. The van der Waals surface area contributed by atoms with Crippen LogP contribution in [0.5, 0.6) is 0 Å². The van der Waals surface area contributed by atoms with Crippen LogP contribution in [-0.2, 0) is 0 Å². The van der Waals surface area contributed by atoms with E-state index in [0.717, 1.165) is 18.8 Å². The normalized spacial score (nSPS) is 19.2. The zero-order valence-corrected chi connectivity index (χ0v) is 7.07. The van der Waals surface area contributed by atoms with E-state index >= 15 is 0 Å². The maximum atomic E-state index is 8.95. The highest BCUT2D eigenvalue weighted by Crippen LogP contribution is 2.24. The molecule has 3 nitrogen and oxygen atoms in total. The predicted molar refractivity (Wildman–Crippen MR) is 45.1 cm³/mol. The van der Waals surface area contributed by atoms with Crippen LogP contribution in [0.15, 0.2) is 18.3 Å². The summed E-state index contributed by atoms with van der Waals surface area (Å²) < 4.78 is 0. The van der Waals surface area contributed by atoms with Crippen LogP contribution in [0.4, 0.5) is 0 Å². The molecule has 0 bridgehead atoms. The van der Waals surface area contributed by atoms with Crippen molar-refractivity contribution in [1.29, 1.82) is 0 Å². The first kappa shape index (κ1) is 7.71. The van der Waals surface area contributed by atoms with Gasteiger partial charge in [0.2, 0.25) is 0 Å². The van der Waals surface area contributed by atoms with Gasteiger partial charge in [-0.25, -0.2) is 0 Å². The van der Waals surface area contributed by atoms with Crippen molar-refractivity contribution in [3.8, 4) is 0 Å². The van der Waals surface area contributed by atoms with E-state index in [9.17, 15) is 0 Å². The van der Waals surface area contributed by atoms with Crippen molar-refractivity contribution in [2.45, 2.75) is 12.8 Å². The molecule has 1 saturated heterocycles. The SMILES string of the molecule is Cc1ccc(C2CN(O)C2)cn1. The molecule has 0 radical (unpaired) electrons. The zero-order valence-electron chi connectivity index (χ0n) is 7.07. The Kier molecular flexibility index (Phi) is 1.83. The maximum absolute atomic E-state index is 8.95. The third-order valence-corrected chi connectivity index (χ3v) is 2.27. The van der Waals surface area contributed by atoms with Gasteiger partial charge in [-0.3, -0.25) is 4.98 Å². The Morgan fingerprint density at radius 1 is 1.50 bits per heavy atom. The van der Waals surface area contributed by atoms with Crippen LogP contribution in [0.1, 0.15) is 17.2 Å². The largest absolute Gasteiger partial charge is 0.314 e. The third-order valence-electron chi connectivity index (χ3n) is 2.27. The van der Waals surface area contributed by atoms with Crippen LogP contribution >= 0.6 is 0 Å². The zero-order chi connectivity index (χ0) is 8.55. The quantitative estimate of drug-likeness (QED) is 0.677. The molecule has 1 aromatic heterocycles. The fourth-order valence-corrected chi connectivity index (χ4v) is 1.39. The number of nitrogens with zero attached hydrogens (tertiary/aromatic N) is 2. The number of aromatic nitrogens is 1. The van der Waals surface area contributed by atoms with E-state index in [1.165, 1.54) is 10.6 Å². The molecular formula is C9H12N2O. The van der Waals surface area contributed by atoms with Crippen molar-refractivity contribution >= 4 is 0 Å². The Morgan fingerprint density at radius 2 is 2.25 bits per heavy atom. The lowest BCUT2D eigenvalue weighted by Crippen LogP contribution is -2.42. The Bertz CT molecular complexity index is 264. The molecular weight excluding hydrogens is 152 g/mol. The van der Waals surface area contributed by atoms with Crippen LogP contribution in [0.3, 0.4) is 0 Å². The molecule has 0 saturated carbocycles. The lowest BCUT2D eigenvalue weighted by atomic mass is 9.95. The lowest BCUT2D eigenvalue weighted by molar-refractivity contribution is -0.149. The average Bonchev–Trinajstić information content (AvgIpc) is 2.01. The Morgan fingerprint density at radius 3 is 2.75 bits per heavy atom. The van der Waals surface area contributed by atoms with Gasteiger partial charge in [0.05, 0.1) is 0 Å². The summed E-state index contributed by atoms with van der Waals surface area (Å²) in [4.78, 5) is 4.21. The Hall–Kier alpha value is -0.930. The lowest BCUT2D eigenvalue weighted by Gasteiger charge is -2.34. The molecule has 2 heterocycles. The molecule has 2 rings (SSSR count). The van der Waals surface area contributed by atoms with Crippen LogP contribution in [0, 0.1) is 6.92 Å². The summed E-state index contributed by atoms with van der Waals surface area (Å²) in [5, 5.41) is 10.3. The van der Waals surface area contributed by atoms with E-state index in [1.807, 2.05) is 19.2 Å². The molecule has 1 aliphatic rings. The summed E-state index contributed by atoms with van der Waals surface area (Å²) in [6.07, 6.45) is 1.90. The van der Waals surface area contributed by atoms with E-state index in [2.05, 4.69) is 11.1 Å². The van der Waals surface area contributed by atoms with Crippen molar-refractivity contribution in [3.05, 3.63) is 29.6 Å². The molecule has 12 heavy (non-hydrogen) atoms. The molecule has 0 atom stereocenters. The number of hydrogen-bond acceptors (Lipinski definition) is 3. The summed E-state index contributed by atoms with van der Waals surface area (Å²) in [6, 6.07) is 4.09. The fraction of sp³-hybridized carbons (Fsp3) is 0.444. The van der Waals surface area contributed by atoms with Crippen molar-refractivity contribution < 1.29 is 5.21 Å². The number of pyridine rings is 1. The van der Waals surface area contributed by atoms with Crippen LogP contribution < -0.4 is 0 Å². The van der Waals surface area contributed by atoms with Gasteiger partial charge in [0.25, 0.3) is 0 Å². The van der Waals surface area contributed by atoms with E-state index < -0.39 is 0 Å². The van der Waals surface area contributed by atoms with Crippen LogP contribution in [-0.4, -0.2) is 28.3 Å². The molecule has 1 N–H and O–H groups in total. The van der Waals surface area contributed by atoms with Gasteiger partial charge in [-0.1, -0.05) is 6.07 Å². The molecule has 0 unspecified atom stereocenters. The first-order valence-electron chi connectivity index (χ1n) is 4.12. The van der Waals surface area contributed by atoms with E-state index in [1.54, 1.807) is 0 Å². The second-order valence-corrected chi connectivity index (χ2v) is 3.30. The summed E-state index contributed by atoms with van der Waals surface area (Å²) in [5.41, 5.74) is 2.27. The minimum Gasteiger partial charge on any atom is -0.314 e. The molecule has 1 fully saturated rings. The highest BCUT2D eigenvalue weighted by molar-refractivity contribution is 5.20. The highest BCUT2D eigenvalue weighted by atomic mass is 16.5. The minimum atomic E-state index is 0.475. The van der Waals surface area contributed by atoms with Gasteiger partial charge in [0.15, 0.2) is 0 Å². The number of rotatable bonds is 1. The molecule has 0 aliphatic carbocycles. The molecule has 0 spiro atoms. The van der Waals surface area contributed by atoms with Crippen molar-refractivity contribution in [1.82, 2.24) is 10.0 Å². The maximum Gasteiger partial charge on any atom is 0.0372 e. The van der Waals surface area contributed by atoms with Gasteiger partial charge in [0, 0.05) is 30.9 Å². The molecule has 1 aliphatic heterocycles. The van der Waals surface area contributed by atoms with Crippen LogP contribution in [0.2, 0.25) is 0 Å². The van der Waals surface area contributed by atoms with Gasteiger partial charge in [0.1, 0.15) is 0 Å². The summed E-state index contributed by atoms with van der Waals surface area (Å²) in [5.74, 6) is 0.475. The highest BCUT2D eigenvalue weighted by Gasteiger charge is 2.26. The Balaban J connectivity index is 2.09. The minimum absolute atomic E-state index is 0.475. The predicted octanol–water partition coefficient (Wildman–Crippen LogP) is 1.18. The smallest absolute Gasteiger partial charge is 0.0372 e. The van der Waals surface area contributed by atoms with Crippen LogP contribution in [0.25, 0.3) is 0 Å². The second-order valence-electron chi connectivity index (χ2n) is 3.30. The van der Waals surface area contributed by atoms with Gasteiger partial charge in [-0.2, -0.15) is 5.06 Å². The Labute approximate surface area is 71.6 Å². The molecule has 0 amide bonds. The fourth-order valence-electron chi connectivity index (χ4n) is 1.39. The number of hydroxylamine groups is 2. The molecule has 64 valence electrons. The molecule has 1 aromatic rings. The van der Waals surface area contributed by atoms with Gasteiger partial charge < -0.3 is 5.21 Å². The van der Waals surface area contributed by atoms with E-state index in [0.29, 0.717) is 5.92 Å². The van der Waals surface area contributed by atoms with Gasteiger partial charge in [-0.05, 0) is 18.6 Å². The third kappa shape index (κ3) is 1.33. The van der Waals surface area contributed by atoms with Crippen molar-refractivity contribution in [2.75, 3.05) is 13.1 Å². The summed E-state index contributed by atoms with van der Waals surface area (Å²) >= 11 is 0. The topological polar surface area (TPSA) is 36.4 Å². The van der Waals surface area contributed by atoms with Gasteiger partial charge in [-0.15, -0.1) is 0 Å². The van der Waals surface area contributed by atoms with Gasteiger partial charge >= 0.3 is 0 Å². The molecule has 0 aromatic carbocycles. The van der Waals surface area contributed by atoms with Crippen molar-refractivity contribution in [2.24, 2.45) is 0 Å². The average molecular weight is 164 g/mol. The summed E-state index contributed by atoms with van der Waals surface area (Å²) in [6.45, 7) is 3.46. The first-order chi connectivity index (χ1) is 5.75. The summed E-state index contributed by atoms with van der Waals surface area (Å²) in [7, 11) is 0. The monoisotopic (exact) mass is 164 g/mol. The standard InChI is InChI=1S/C9H12N2O/c1-7-2-3-8(4-10-7)9-5-11(12)6-9/h2-4,9,12H,5-6H2,1H3. The van der Waals surface area contributed by atoms with E-state index in [4.69, 9.17) is 5.21 Å². The van der Waals surface area contributed by atoms with Crippen molar-refractivity contribution in [3.63, 3.8) is 0 Å².